The van der Waals surface area contributed by atoms with E-state index in [0.717, 1.165) is 16.0 Å². The molecule has 1 aromatic heterocycles. The molecule has 0 amide bonds. The molecule has 0 unspecified atom stereocenters. The van der Waals surface area contributed by atoms with Crippen LogP contribution < -0.4 is 0 Å². The van der Waals surface area contributed by atoms with Crippen LogP contribution in [0.4, 0.5) is 0 Å². The van der Waals surface area contributed by atoms with Crippen molar-refractivity contribution in [3.63, 3.8) is 0 Å². The van der Waals surface area contributed by atoms with E-state index in [4.69, 9.17) is 12.2 Å². The minimum absolute atomic E-state index is 0.621. The zero-order valence-electron chi connectivity index (χ0n) is 8.76. The molecule has 1 aliphatic rings. The van der Waals surface area contributed by atoms with Crippen molar-refractivity contribution < 1.29 is 0 Å². The average Bonchev–Trinajstić information content (AvgIpc) is 2.66. The molecule has 1 aliphatic carbocycles. The molecular formula is C11H16N2S. The van der Waals surface area contributed by atoms with Gasteiger partial charge in [0, 0.05) is 17.2 Å². The van der Waals surface area contributed by atoms with E-state index < -0.39 is 0 Å². The Balaban J connectivity index is 2.39. The van der Waals surface area contributed by atoms with Gasteiger partial charge in [-0.2, -0.15) is 0 Å². The molecule has 0 saturated heterocycles. The first-order chi connectivity index (χ1) is 6.68. The van der Waals surface area contributed by atoms with Crippen LogP contribution in [-0.4, -0.2) is 9.97 Å². The number of aromatic nitrogens is 2. The lowest BCUT2D eigenvalue weighted by Gasteiger charge is -2.10. The third-order valence-electron chi connectivity index (χ3n) is 3.16. The van der Waals surface area contributed by atoms with Gasteiger partial charge in [0.15, 0.2) is 0 Å². The van der Waals surface area contributed by atoms with E-state index in [0.29, 0.717) is 5.92 Å². The molecule has 2 nitrogen and oxygen atoms in total. The van der Waals surface area contributed by atoms with Gasteiger partial charge >= 0.3 is 0 Å². The van der Waals surface area contributed by atoms with Gasteiger partial charge in [-0.3, -0.25) is 0 Å². The highest BCUT2D eigenvalue weighted by atomic mass is 32.1. The van der Waals surface area contributed by atoms with Crippen LogP contribution in [0.5, 0.6) is 0 Å². The van der Waals surface area contributed by atoms with Gasteiger partial charge in [-0.15, -0.1) is 0 Å². The van der Waals surface area contributed by atoms with E-state index >= 15 is 0 Å². The number of aryl methyl sites for hydroxylation is 1. The van der Waals surface area contributed by atoms with E-state index in [1.54, 1.807) is 0 Å². The van der Waals surface area contributed by atoms with Crippen molar-refractivity contribution in [1.82, 2.24) is 9.97 Å². The monoisotopic (exact) mass is 208 g/mol. The molecule has 76 valence electrons. The molecule has 1 heterocycles. The topological polar surface area (TPSA) is 28.7 Å². The molecule has 0 radical (unpaired) electrons. The zero-order valence-corrected chi connectivity index (χ0v) is 9.58. The largest absolute Gasteiger partial charge is 0.347 e. The van der Waals surface area contributed by atoms with E-state index in [9.17, 15) is 0 Å². The Hall–Kier alpha value is -0.700. The van der Waals surface area contributed by atoms with Crippen LogP contribution in [0.3, 0.4) is 0 Å². The molecule has 1 aromatic rings. The molecule has 0 spiro atoms. The Bertz CT molecular complexity index is 389. The summed E-state index contributed by atoms with van der Waals surface area (Å²) in [7, 11) is 0. The highest BCUT2D eigenvalue weighted by Gasteiger charge is 2.19. The molecule has 1 saturated carbocycles. The standard InChI is InChI=1S/C11H16N2S/c1-7-8(2)12-10(13-11(7)14)9-5-3-4-6-9/h9H,3-6H2,1-2H3,(H,12,13,14). The summed E-state index contributed by atoms with van der Waals surface area (Å²) in [4.78, 5) is 7.86. The fourth-order valence-corrected chi connectivity index (χ4v) is 2.31. The molecule has 0 bridgehead atoms. The summed E-state index contributed by atoms with van der Waals surface area (Å²) in [6.45, 7) is 4.10. The molecule has 0 atom stereocenters. The summed E-state index contributed by atoms with van der Waals surface area (Å²) in [5, 5.41) is 0. The summed E-state index contributed by atoms with van der Waals surface area (Å²) in [5.41, 5.74) is 2.29. The summed E-state index contributed by atoms with van der Waals surface area (Å²) < 4.78 is 0.767. The first-order valence-corrected chi connectivity index (χ1v) is 5.66. The summed E-state index contributed by atoms with van der Waals surface area (Å²) >= 11 is 5.23. The molecular weight excluding hydrogens is 192 g/mol. The first-order valence-electron chi connectivity index (χ1n) is 5.26. The van der Waals surface area contributed by atoms with Gasteiger partial charge in [0.05, 0.1) is 0 Å². The second-order valence-corrected chi connectivity index (χ2v) is 4.55. The fraction of sp³-hybridized carbons (Fsp3) is 0.636. The number of hydrogen-bond donors (Lipinski definition) is 1. The number of aromatic amines is 1. The molecule has 14 heavy (non-hydrogen) atoms. The lowest BCUT2D eigenvalue weighted by molar-refractivity contribution is 0.660. The molecule has 0 aromatic carbocycles. The summed E-state index contributed by atoms with van der Waals surface area (Å²) in [6.07, 6.45) is 5.20. The van der Waals surface area contributed by atoms with Gasteiger partial charge in [-0.1, -0.05) is 25.1 Å². The van der Waals surface area contributed by atoms with Crippen molar-refractivity contribution >= 4 is 12.2 Å². The fourth-order valence-electron chi connectivity index (χ4n) is 2.06. The normalized spacial score (nSPS) is 17.6. The maximum absolute atomic E-state index is 5.23. The third-order valence-corrected chi connectivity index (χ3v) is 3.56. The number of nitrogens with one attached hydrogen (secondary N) is 1. The van der Waals surface area contributed by atoms with Crippen molar-refractivity contribution in [3.8, 4) is 0 Å². The van der Waals surface area contributed by atoms with Crippen LogP contribution in [0.15, 0.2) is 0 Å². The van der Waals surface area contributed by atoms with Crippen LogP contribution in [0.2, 0.25) is 0 Å². The molecule has 1 N–H and O–H groups in total. The van der Waals surface area contributed by atoms with Gasteiger partial charge in [0.25, 0.3) is 0 Å². The van der Waals surface area contributed by atoms with Crippen molar-refractivity contribution in [1.29, 1.82) is 0 Å². The van der Waals surface area contributed by atoms with Crippen molar-refractivity contribution in [2.75, 3.05) is 0 Å². The Morgan fingerprint density at radius 1 is 1.29 bits per heavy atom. The van der Waals surface area contributed by atoms with Crippen LogP contribution >= 0.6 is 12.2 Å². The van der Waals surface area contributed by atoms with E-state index in [2.05, 4.69) is 16.9 Å². The SMILES string of the molecule is Cc1[nH]c(C2CCCC2)nc(=S)c1C. The second-order valence-electron chi connectivity index (χ2n) is 4.16. The average molecular weight is 208 g/mol. The van der Waals surface area contributed by atoms with Crippen LogP contribution in [0.1, 0.15) is 48.7 Å². The summed E-state index contributed by atoms with van der Waals surface area (Å²) in [6, 6.07) is 0. The third kappa shape index (κ3) is 1.73. The van der Waals surface area contributed by atoms with Crippen molar-refractivity contribution in [3.05, 3.63) is 21.7 Å². The highest BCUT2D eigenvalue weighted by molar-refractivity contribution is 7.71. The molecule has 0 aliphatic heterocycles. The zero-order chi connectivity index (χ0) is 10.1. The Morgan fingerprint density at radius 3 is 2.50 bits per heavy atom. The van der Waals surface area contributed by atoms with Gasteiger partial charge in [-0.25, -0.2) is 4.98 Å². The molecule has 1 fully saturated rings. The summed E-state index contributed by atoms with van der Waals surface area (Å²) in [5.74, 6) is 1.73. The van der Waals surface area contributed by atoms with Gasteiger partial charge in [0.2, 0.25) is 0 Å². The van der Waals surface area contributed by atoms with Crippen molar-refractivity contribution in [2.24, 2.45) is 0 Å². The van der Waals surface area contributed by atoms with E-state index in [1.165, 1.54) is 31.4 Å². The minimum atomic E-state index is 0.621. The van der Waals surface area contributed by atoms with Crippen LogP contribution in [-0.2, 0) is 0 Å². The first kappa shape index (κ1) is 9.84. The van der Waals surface area contributed by atoms with Gasteiger partial charge in [-0.05, 0) is 26.7 Å². The Labute approximate surface area is 89.8 Å². The highest BCUT2D eigenvalue weighted by Crippen LogP contribution is 2.32. The second kappa shape index (κ2) is 3.81. The maximum atomic E-state index is 5.23. The number of hydrogen-bond acceptors (Lipinski definition) is 2. The maximum Gasteiger partial charge on any atom is 0.132 e. The van der Waals surface area contributed by atoms with E-state index in [-0.39, 0.29) is 0 Å². The smallest absolute Gasteiger partial charge is 0.132 e. The Kier molecular flexibility index (Phi) is 2.68. The molecule has 3 heteroatoms. The quantitative estimate of drug-likeness (QED) is 0.716. The van der Waals surface area contributed by atoms with Crippen molar-refractivity contribution in [2.45, 2.75) is 45.4 Å². The van der Waals surface area contributed by atoms with Gasteiger partial charge in [0.1, 0.15) is 10.5 Å². The number of nitrogens with zero attached hydrogens (tertiary/aromatic N) is 1. The van der Waals surface area contributed by atoms with E-state index in [1.807, 2.05) is 6.92 Å². The lowest BCUT2D eigenvalue weighted by atomic mass is 10.1. The number of H-pyrrole nitrogens is 1. The van der Waals surface area contributed by atoms with Gasteiger partial charge < -0.3 is 4.98 Å². The molecule has 2 rings (SSSR count). The minimum Gasteiger partial charge on any atom is -0.347 e. The lowest BCUT2D eigenvalue weighted by Crippen LogP contribution is -2.04. The Morgan fingerprint density at radius 2 is 1.93 bits per heavy atom. The predicted molar refractivity (Wildman–Crippen MR) is 60.1 cm³/mol. The number of rotatable bonds is 1. The predicted octanol–water partition coefficient (Wildman–Crippen LogP) is 3.41. The van der Waals surface area contributed by atoms with Crippen LogP contribution in [0, 0.1) is 18.5 Å². The van der Waals surface area contributed by atoms with Crippen LogP contribution in [0.25, 0.3) is 0 Å².